The van der Waals surface area contributed by atoms with Crippen molar-refractivity contribution in [2.45, 2.75) is 51.6 Å². The van der Waals surface area contributed by atoms with Gasteiger partial charge < -0.3 is 0 Å². The second kappa shape index (κ2) is 17.0. The summed E-state index contributed by atoms with van der Waals surface area (Å²) in [7, 11) is -5.96. The minimum absolute atomic E-state index is 0.119. The number of rotatable bonds is 8. The van der Waals surface area contributed by atoms with Gasteiger partial charge in [-0.15, -0.1) is 0 Å². The maximum absolute atomic E-state index is 12.5. The summed E-state index contributed by atoms with van der Waals surface area (Å²) < 4.78 is 0. The summed E-state index contributed by atoms with van der Waals surface area (Å²) >= 11 is 13.7. The third-order valence-electron chi connectivity index (χ3n) is 10.1. The van der Waals surface area contributed by atoms with Crippen LogP contribution in [0.3, 0.4) is 0 Å². The topological polar surface area (TPSA) is 34.1 Å². The Labute approximate surface area is 333 Å². The fourth-order valence-corrected chi connectivity index (χ4v) is 19.7. The van der Waals surface area contributed by atoms with Crippen molar-refractivity contribution in [3.63, 3.8) is 0 Å². The number of aldehydes is 2. The lowest BCUT2D eigenvalue weighted by Gasteiger charge is -2.44. The summed E-state index contributed by atoms with van der Waals surface area (Å²) in [6, 6.07) is 48.9. The maximum Gasteiger partial charge on any atom is 0.165 e. The monoisotopic (exact) mass is 778 g/mol. The lowest BCUT2D eigenvalue weighted by Crippen LogP contribution is -2.66. The molecule has 5 rings (SSSR count). The summed E-state index contributed by atoms with van der Waals surface area (Å²) in [5.41, 5.74) is 1.50. The molecule has 5 aromatic carbocycles. The molecule has 0 heterocycles. The Morgan fingerprint density at radius 1 is 0.444 bits per heavy atom. The fourth-order valence-electron chi connectivity index (χ4n) is 7.83. The quantitative estimate of drug-likeness (QED) is 0.0683. The van der Waals surface area contributed by atoms with Crippen LogP contribution in [0.25, 0.3) is 0 Å². The Hall–Kier alpha value is -4.95. The first-order chi connectivity index (χ1) is 25.8. The van der Waals surface area contributed by atoms with E-state index < -0.39 is 16.1 Å². The minimum atomic E-state index is -2.98. The van der Waals surface area contributed by atoms with E-state index in [1.54, 1.807) is 0 Å². The molecule has 54 heavy (non-hydrogen) atoms. The van der Waals surface area contributed by atoms with Gasteiger partial charge in [0.1, 0.15) is 0 Å². The Balaban J connectivity index is 1.64. The molecular weight excluding hydrogens is 736 g/mol. The van der Waals surface area contributed by atoms with Gasteiger partial charge in [0.15, 0.2) is 28.7 Å². The number of hydrogen-bond acceptors (Lipinski definition) is 2. The minimum Gasteiger partial charge on any atom is -0.297 e. The van der Waals surface area contributed by atoms with E-state index in [4.69, 9.17) is 23.2 Å². The highest BCUT2D eigenvalue weighted by molar-refractivity contribution is 7.11. The molecule has 0 aromatic heterocycles. The van der Waals surface area contributed by atoms with Crippen LogP contribution in [0.4, 0.5) is 0 Å². The molecule has 6 heteroatoms. The fraction of sp³-hybridized carbons (Fsp3) is 0.167. The van der Waals surface area contributed by atoms with Gasteiger partial charge in [0, 0.05) is 21.5 Å². The first-order valence-corrected chi connectivity index (χ1v) is 22.6. The first kappa shape index (κ1) is 40.2. The van der Waals surface area contributed by atoms with Crippen LogP contribution >= 0.6 is 23.2 Å². The molecule has 0 unspecified atom stereocenters. The van der Waals surface area contributed by atoms with E-state index in [1.807, 2.05) is 97.1 Å². The Morgan fingerprint density at radius 3 is 0.889 bits per heavy atom. The van der Waals surface area contributed by atoms with Gasteiger partial charge in [-0.2, -0.15) is 0 Å². The lowest BCUT2D eigenvalue weighted by atomic mass is 10.1. The maximum atomic E-state index is 12.5. The molecule has 5 aromatic rings. The van der Waals surface area contributed by atoms with E-state index in [9.17, 15) is 9.59 Å². The standard InChI is InChI=1S/C48H44Cl2O2Si2/c1-47(2,3)53(39-19-11-7-12-20-39,40-21-13-8-14-22-40)45(43(49)35-51)33-31-37-27-29-38(30-28-37)32-34-46(44(50)36-52)54(48(4,5)6,41-23-15-9-16-24-41)42-25-17-10-18-26-42/h7-30,35-36H,1-6H3/b45-43+,46-44+. The van der Waals surface area contributed by atoms with Crippen LogP contribution < -0.4 is 20.7 Å². The molecule has 0 saturated heterocycles. The van der Waals surface area contributed by atoms with Crippen LogP contribution in [-0.4, -0.2) is 28.7 Å². The van der Waals surface area contributed by atoms with Crippen molar-refractivity contribution < 1.29 is 9.59 Å². The molecule has 0 aliphatic carbocycles. The average molecular weight is 780 g/mol. The molecule has 0 spiro atoms. The number of benzene rings is 5. The van der Waals surface area contributed by atoms with Crippen molar-refractivity contribution in [1.82, 2.24) is 0 Å². The molecule has 0 amide bonds. The van der Waals surface area contributed by atoms with Crippen molar-refractivity contribution in [2.24, 2.45) is 0 Å². The van der Waals surface area contributed by atoms with E-state index in [2.05, 4.69) is 114 Å². The number of carbonyl (C=O) groups excluding carboxylic acids is 2. The normalized spacial score (nSPS) is 12.9. The van der Waals surface area contributed by atoms with Gasteiger partial charge in [-0.25, -0.2) is 0 Å². The average Bonchev–Trinajstić information content (AvgIpc) is 3.18. The summed E-state index contributed by atoms with van der Waals surface area (Å²) in [5, 5.41) is 5.45. The van der Waals surface area contributed by atoms with Gasteiger partial charge in [-0.05, 0) is 55.1 Å². The highest BCUT2D eigenvalue weighted by atomic mass is 35.5. The Morgan fingerprint density at radius 2 is 0.685 bits per heavy atom. The van der Waals surface area contributed by atoms with Crippen molar-refractivity contribution in [3.8, 4) is 23.7 Å². The van der Waals surface area contributed by atoms with Gasteiger partial charge in [-0.3, -0.25) is 9.59 Å². The number of carbonyl (C=O) groups is 2. The summed E-state index contributed by atoms with van der Waals surface area (Å²) in [6.07, 6.45) is 1.43. The van der Waals surface area contributed by atoms with E-state index in [0.717, 1.165) is 31.9 Å². The smallest absolute Gasteiger partial charge is 0.165 e. The van der Waals surface area contributed by atoms with Gasteiger partial charge in [-0.1, -0.05) is 210 Å². The lowest BCUT2D eigenvalue weighted by molar-refractivity contribution is -0.105. The van der Waals surface area contributed by atoms with E-state index in [-0.39, 0.29) is 20.1 Å². The molecule has 0 atom stereocenters. The highest BCUT2D eigenvalue weighted by Gasteiger charge is 2.52. The molecular formula is C48H44Cl2O2Si2. The molecule has 0 aliphatic rings. The third-order valence-corrected chi connectivity index (χ3v) is 22.5. The third kappa shape index (κ3) is 7.81. The van der Waals surface area contributed by atoms with Gasteiger partial charge in [0.2, 0.25) is 0 Å². The van der Waals surface area contributed by atoms with E-state index in [1.165, 1.54) is 0 Å². The number of halogens is 2. The van der Waals surface area contributed by atoms with Crippen LogP contribution in [-0.2, 0) is 9.59 Å². The van der Waals surface area contributed by atoms with Crippen molar-refractivity contribution in [2.75, 3.05) is 0 Å². The van der Waals surface area contributed by atoms with Gasteiger partial charge >= 0.3 is 0 Å². The predicted molar refractivity (Wildman–Crippen MR) is 233 cm³/mol. The molecule has 0 saturated carbocycles. The second-order valence-corrected chi connectivity index (χ2v) is 25.3. The predicted octanol–water partition coefficient (Wildman–Crippen LogP) is 8.98. The molecule has 0 N–H and O–H groups in total. The van der Waals surface area contributed by atoms with Crippen molar-refractivity contribution in [1.29, 1.82) is 0 Å². The zero-order chi connectivity index (χ0) is 39.0. The molecule has 2 nitrogen and oxygen atoms in total. The Kier molecular flexibility index (Phi) is 12.7. The van der Waals surface area contributed by atoms with Gasteiger partial charge in [0.05, 0.1) is 10.1 Å². The Bertz CT molecular complexity index is 2030. The van der Waals surface area contributed by atoms with Gasteiger partial charge in [0.25, 0.3) is 0 Å². The number of allylic oxidation sites excluding steroid dienone is 4. The summed E-state index contributed by atoms with van der Waals surface area (Å²) in [4.78, 5) is 24.9. The second-order valence-electron chi connectivity index (χ2n) is 15.2. The first-order valence-electron chi connectivity index (χ1n) is 17.9. The van der Waals surface area contributed by atoms with Crippen LogP contribution in [0.2, 0.25) is 10.1 Å². The van der Waals surface area contributed by atoms with Crippen LogP contribution in [0.15, 0.2) is 166 Å². The summed E-state index contributed by atoms with van der Waals surface area (Å²) in [6.45, 7) is 13.2. The zero-order valence-corrected chi connectivity index (χ0v) is 35.1. The summed E-state index contributed by atoms with van der Waals surface area (Å²) in [5.74, 6) is 13.6. The molecule has 0 bridgehead atoms. The van der Waals surface area contributed by atoms with Crippen LogP contribution in [0, 0.1) is 23.7 Å². The number of hydrogen-bond donors (Lipinski definition) is 0. The molecule has 0 fully saturated rings. The van der Waals surface area contributed by atoms with Crippen LogP contribution in [0.5, 0.6) is 0 Å². The van der Waals surface area contributed by atoms with Crippen LogP contribution in [0.1, 0.15) is 52.7 Å². The molecule has 0 aliphatic heterocycles. The molecule has 270 valence electrons. The SMILES string of the molecule is CC(C)(C)[Si](/C(C#Cc1ccc(C#C/C(=C(\Cl)C=O)[Si](c2ccccc2)(c2ccccc2)C(C)(C)C)cc1)=C(/Cl)C=O)(c1ccccc1)c1ccccc1. The highest BCUT2D eigenvalue weighted by Crippen LogP contribution is 2.43. The van der Waals surface area contributed by atoms with Crippen molar-refractivity contribution >= 4 is 72.7 Å². The largest absolute Gasteiger partial charge is 0.297 e. The van der Waals surface area contributed by atoms with E-state index in [0.29, 0.717) is 23.0 Å². The zero-order valence-electron chi connectivity index (χ0n) is 31.6. The van der Waals surface area contributed by atoms with Crippen molar-refractivity contribution in [3.05, 3.63) is 177 Å². The van der Waals surface area contributed by atoms with E-state index >= 15 is 0 Å². The molecule has 0 radical (unpaired) electrons.